The van der Waals surface area contributed by atoms with Crippen LogP contribution in [0, 0.1) is 5.92 Å². The number of allylic oxidation sites excluding steroid dienone is 6. The lowest BCUT2D eigenvalue weighted by atomic mass is 9.89. The number of ether oxygens (including phenoxy) is 2. The summed E-state index contributed by atoms with van der Waals surface area (Å²) in [5.74, 6) is 1.46. The maximum absolute atomic E-state index is 12.6. The molecule has 7 nitrogen and oxygen atoms in total. The number of rotatable bonds is 17. The Morgan fingerprint density at radius 3 is 2.70 bits per heavy atom. The van der Waals surface area contributed by atoms with Gasteiger partial charge in [0.2, 0.25) is 0 Å². The van der Waals surface area contributed by atoms with Crippen molar-refractivity contribution in [2.24, 2.45) is 5.92 Å². The summed E-state index contributed by atoms with van der Waals surface area (Å²) >= 11 is 8.51. The van der Waals surface area contributed by atoms with Gasteiger partial charge in [-0.2, -0.15) is 0 Å². The Kier molecular flexibility index (Phi) is 15.1. The SMILES string of the molecule is COOPCCC(CO)(CCCCc1ccc(SC2C=CC=C(OCC3C=CC=CC3)C2)cc1Cl)NC(=O)OC(C)(C)C. The van der Waals surface area contributed by atoms with Gasteiger partial charge in [-0.1, -0.05) is 60.5 Å². The van der Waals surface area contributed by atoms with E-state index in [1.165, 1.54) is 7.11 Å². The molecule has 2 N–H and O–H groups in total. The van der Waals surface area contributed by atoms with E-state index < -0.39 is 17.2 Å². The van der Waals surface area contributed by atoms with Gasteiger partial charge in [0.1, 0.15) is 5.60 Å². The molecule has 3 rings (SSSR count). The first-order valence-electron chi connectivity index (χ1n) is 14.9. The molecule has 238 valence electrons. The molecule has 0 spiro atoms. The second-order valence-corrected chi connectivity index (χ2v) is 14.6. The monoisotopic (exact) mass is 651 g/mol. The molecular weight excluding hydrogens is 605 g/mol. The summed E-state index contributed by atoms with van der Waals surface area (Å²) < 4.78 is 16.6. The molecule has 2 aliphatic carbocycles. The minimum atomic E-state index is -0.800. The smallest absolute Gasteiger partial charge is 0.408 e. The highest BCUT2D eigenvalue weighted by Gasteiger charge is 2.32. The van der Waals surface area contributed by atoms with Crippen LogP contribution in [0.15, 0.2) is 71.4 Å². The van der Waals surface area contributed by atoms with Crippen molar-refractivity contribution >= 4 is 38.3 Å². The molecule has 1 amide bonds. The lowest BCUT2D eigenvalue weighted by Crippen LogP contribution is -2.53. The largest absolute Gasteiger partial charge is 0.497 e. The number of amides is 1. The molecule has 2 aliphatic rings. The summed E-state index contributed by atoms with van der Waals surface area (Å²) in [6, 6.07) is 6.29. The van der Waals surface area contributed by atoms with Crippen molar-refractivity contribution in [1.29, 1.82) is 0 Å². The van der Waals surface area contributed by atoms with Crippen LogP contribution in [0.1, 0.15) is 64.9 Å². The number of hydrogen-bond donors (Lipinski definition) is 2. The number of carbonyl (C=O) groups is 1. The fourth-order valence-corrected chi connectivity index (χ4v) is 7.12. The second-order valence-electron chi connectivity index (χ2n) is 11.9. The van der Waals surface area contributed by atoms with Gasteiger partial charge in [0.15, 0.2) is 0 Å². The first-order valence-corrected chi connectivity index (χ1v) is 17.3. The van der Waals surface area contributed by atoms with Gasteiger partial charge < -0.3 is 19.9 Å². The van der Waals surface area contributed by atoms with E-state index >= 15 is 0 Å². The molecule has 0 heterocycles. The molecule has 0 saturated heterocycles. The van der Waals surface area contributed by atoms with E-state index in [0.29, 0.717) is 36.8 Å². The normalized spacial score (nSPS) is 19.8. The Labute approximate surface area is 268 Å². The maximum atomic E-state index is 12.6. The zero-order valence-corrected chi connectivity index (χ0v) is 28.3. The van der Waals surface area contributed by atoms with Gasteiger partial charge >= 0.3 is 6.09 Å². The zero-order chi connectivity index (χ0) is 31.1. The molecule has 0 radical (unpaired) electrons. The van der Waals surface area contributed by atoms with E-state index in [1.54, 1.807) is 11.8 Å². The molecule has 1 aromatic rings. The van der Waals surface area contributed by atoms with Gasteiger partial charge in [0, 0.05) is 27.5 Å². The van der Waals surface area contributed by atoms with E-state index in [9.17, 15) is 9.90 Å². The highest BCUT2D eigenvalue weighted by atomic mass is 35.5. The van der Waals surface area contributed by atoms with Crippen molar-refractivity contribution in [3.05, 3.63) is 77.1 Å². The number of hydrogen-bond acceptors (Lipinski definition) is 7. The lowest BCUT2D eigenvalue weighted by Gasteiger charge is -2.34. The first kappa shape index (κ1) is 35.7. The molecule has 0 saturated carbocycles. The molecule has 0 bridgehead atoms. The van der Waals surface area contributed by atoms with Crippen LogP contribution < -0.4 is 5.32 Å². The number of nitrogens with one attached hydrogen (secondary N) is 1. The van der Waals surface area contributed by atoms with Crippen molar-refractivity contribution in [1.82, 2.24) is 5.32 Å². The van der Waals surface area contributed by atoms with Crippen LogP contribution >= 0.6 is 32.2 Å². The minimum Gasteiger partial charge on any atom is -0.497 e. The van der Waals surface area contributed by atoms with Crippen LogP contribution in [0.5, 0.6) is 0 Å². The number of halogens is 1. The molecule has 0 fully saturated rings. The molecule has 4 unspecified atom stereocenters. The van der Waals surface area contributed by atoms with Crippen LogP contribution in [0.25, 0.3) is 0 Å². The molecular formula is C33H47ClNO6PS. The third kappa shape index (κ3) is 13.4. The first-order chi connectivity index (χ1) is 20.6. The molecule has 1 aromatic carbocycles. The highest BCUT2D eigenvalue weighted by Crippen LogP contribution is 2.34. The second kappa shape index (κ2) is 18.2. The van der Waals surface area contributed by atoms with Crippen LogP contribution in [0.2, 0.25) is 5.02 Å². The standard InChI is InChI=1S/C33H47ClNO6PS/c1-32(2,3)40-31(37)35-33(24-36,19-20-42-41-38-4)18-9-8-13-26-16-17-29(22-30(26)34)43-28-15-10-14-27(21-28)39-23-25-11-6-5-7-12-25/h5-7,10-11,14-17,22,25,28,36,42H,8-9,12-13,18-21,23-24H2,1-4H3,(H,35,37). The summed E-state index contributed by atoms with van der Waals surface area (Å²) in [6.45, 7) is 5.97. The third-order valence-electron chi connectivity index (χ3n) is 7.14. The number of aliphatic hydroxyl groups is 1. The van der Waals surface area contributed by atoms with Crippen molar-refractivity contribution in [2.75, 3.05) is 26.5 Å². The van der Waals surface area contributed by atoms with Gasteiger partial charge in [-0.3, -0.25) is 0 Å². The number of unbranched alkanes of at least 4 members (excludes halogenated alkanes) is 1. The maximum Gasteiger partial charge on any atom is 0.408 e. The lowest BCUT2D eigenvalue weighted by molar-refractivity contribution is -0.165. The van der Waals surface area contributed by atoms with Crippen molar-refractivity contribution in [3.63, 3.8) is 0 Å². The van der Waals surface area contributed by atoms with Crippen LogP contribution in [-0.4, -0.2) is 54.1 Å². The molecule has 0 aliphatic heterocycles. The highest BCUT2D eigenvalue weighted by molar-refractivity contribution is 8.00. The van der Waals surface area contributed by atoms with Crippen LogP contribution in [0.4, 0.5) is 4.79 Å². The fraction of sp³-hybridized carbons (Fsp3) is 0.545. The van der Waals surface area contributed by atoms with E-state index in [1.807, 2.05) is 26.8 Å². The van der Waals surface area contributed by atoms with Gasteiger partial charge in [-0.05, 0) is 82.8 Å². The predicted octanol–water partition coefficient (Wildman–Crippen LogP) is 8.32. The number of alkyl carbamates (subject to hydrolysis) is 1. The Hall–Kier alpha value is -1.80. The average molecular weight is 652 g/mol. The zero-order valence-electron chi connectivity index (χ0n) is 25.8. The third-order valence-corrected chi connectivity index (χ3v) is 9.39. The Morgan fingerprint density at radius 1 is 1.16 bits per heavy atom. The Bertz CT molecular complexity index is 1150. The molecule has 0 aromatic heterocycles. The average Bonchev–Trinajstić information content (AvgIpc) is 2.97. The summed E-state index contributed by atoms with van der Waals surface area (Å²) in [7, 11) is 1.58. The topological polar surface area (TPSA) is 86.3 Å². The van der Waals surface area contributed by atoms with Crippen molar-refractivity contribution in [3.8, 4) is 0 Å². The number of thioether (sulfide) groups is 1. The van der Waals surface area contributed by atoms with Gasteiger partial charge in [-0.25, -0.2) is 14.4 Å². The number of aliphatic hydroxyl groups excluding tert-OH is 1. The Morgan fingerprint density at radius 2 is 2.00 bits per heavy atom. The van der Waals surface area contributed by atoms with Crippen LogP contribution in [0.3, 0.4) is 0 Å². The predicted molar refractivity (Wildman–Crippen MR) is 178 cm³/mol. The molecule has 4 atom stereocenters. The van der Waals surface area contributed by atoms with Crippen molar-refractivity contribution in [2.45, 2.75) is 87.0 Å². The number of carbonyl (C=O) groups excluding carboxylic acids is 1. The number of benzene rings is 1. The summed E-state index contributed by atoms with van der Waals surface area (Å²) in [4.78, 5) is 18.4. The van der Waals surface area contributed by atoms with E-state index in [2.05, 4.69) is 60.0 Å². The number of aryl methyl sites for hydroxylation is 1. The molecule has 10 heteroatoms. The van der Waals surface area contributed by atoms with Gasteiger partial charge in [0.25, 0.3) is 0 Å². The summed E-state index contributed by atoms with van der Waals surface area (Å²) in [5, 5.41) is 14.3. The summed E-state index contributed by atoms with van der Waals surface area (Å²) in [5.41, 5.74) is -0.336. The van der Waals surface area contributed by atoms with Gasteiger partial charge in [-0.15, -0.1) is 11.8 Å². The fourth-order valence-electron chi connectivity index (χ4n) is 4.90. The van der Waals surface area contributed by atoms with Crippen LogP contribution in [-0.2, 0) is 25.5 Å². The minimum absolute atomic E-state index is 0.111. The quantitative estimate of drug-likeness (QED) is 0.0758. The van der Waals surface area contributed by atoms with E-state index in [4.69, 9.17) is 30.6 Å². The molecule has 43 heavy (non-hydrogen) atoms. The summed E-state index contributed by atoms with van der Waals surface area (Å²) in [6.07, 6.45) is 20.5. The van der Waals surface area contributed by atoms with E-state index in [-0.39, 0.29) is 15.4 Å². The van der Waals surface area contributed by atoms with Gasteiger partial charge in [0.05, 0.1) is 40.4 Å². The van der Waals surface area contributed by atoms with E-state index in [0.717, 1.165) is 53.3 Å². The Balaban J connectivity index is 1.48. The van der Waals surface area contributed by atoms with Crippen molar-refractivity contribution < 1.29 is 28.9 Å².